The SMILES string of the molecule is CCn1cc(OC(=O)Nc2ccc(F)cc2)c2cc(OC)c(OC)cc2c1=O. The van der Waals surface area contributed by atoms with Gasteiger partial charge in [0, 0.05) is 17.6 Å². The zero-order valence-electron chi connectivity index (χ0n) is 15.6. The van der Waals surface area contributed by atoms with E-state index < -0.39 is 11.9 Å². The third-order valence-corrected chi connectivity index (χ3v) is 4.19. The number of hydrogen-bond acceptors (Lipinski definition) is 5. The number of hydrogen-bond donors (Lipinski definition) is 1. The molecule has 1 heterocycles. The quantitative estimate of drug-likeness (QED) is 0.722. The van der Waals surface area contributed by atoms with Crippen molar-refractivity contribution in [1.29, 1.82) is 0 Å². The smallest absolute Gasteiger partial charge is 0.417 e. The minimum atomic E-state index is -0.774. The van der Waals surface area contributed by atoms with Crippen molar-refractivity contribution < 1.29 is 23.4 Å². The van der Waals surface area contributed by atoms with Crippen molar-refractivity contribution in [3.8, 4) is 17.2 Å². The molecule has 1 amide bonds. The summed E-state index contributed by atoms with van der Waals surface area (Å²) >= 11 is 0. The normalized spacial score (nSPS) is 10.6. The molecule has 146 valence electrons. The molecule has 0 spiro atoms. The number of aromatic nitrogens is 1. The molecule has 0 atom stereocenters. The Hall–Kier alpha value is -3.55. The van der Waals surface area contributed by atoms with Gasteiger partial charge in [0.1, 0.15) is 5.82 Å². The summed E-state index contributed by atoms with van der Waals surface area (Å²) in [7, 11) is 2.94. The molecule has 0 aliphatic heterocycles. The van der Waals surface area contributed by atoms with Crippen LogP contribution in [-0.2, 0) is 6.54 Å². The van der Waals surface area contributed by atoms with Gasteiger partial charge in [-0.3, -0.25) is 10.1 Å². The number of carbonyl (C=O) groups is 1. The van der Waals surface area contributed by atoms with Crippen molar-refractivity contribution in [3.05, 3.63) is 58.8 Å². The van der Waals surface area contributed by atoms with Crippen molar-refractivity contribution >= 4 is 22.6 Å². The minimum Gasteiger partial charge on any atom is -0.493 e. The summed E-state index contributed by atoms with van der Waals surface area (Å²) in [5.41, 5.74) is 0.128. The molecule has 0 aliphatic rings. The van der Waals surface area contributed by atoms with E-state index in [1.807, 2.05) is 0 Å². The molecule has 0 aliphatic carbocycles. The Labute approximate surface area is 160 Å². The van der Waals surface area contributed by atoms with E-state index in [0.717, 1.165) is 0 Å². The summed E-state index contributed by atoms with van der Waals surface area (Å²) in [4.78, 5) is 25.0. The maximum Gasteiger partial charge on any atom is 0.417 e. The summed E-state index contributed by atoms with van der Waals surface area (Å²) in [5, 5.41) is 3.24. The Morgan fingerprint density at radius 2 is 1.64 bits per heavy atom. The van der Waals surface area contributed by atoms with Crippen molar-refractivity contribution in [1.82, 2.24) is 4.57 Å². The second-order valence-electron chi connectivity index (χ2n) is 5.86. The topological polar surface area (TPSA) is 78.8 Å². The van der Waals surface area contributed by atoms with Gasteiger partial charge in [0.05, 0.1) is 25.8 Å². The van der Waals surface area contributed by atoms with Gasteiger partial charge < -0.3 is 18.8 Å². The molecule has 7 nitrogen and oxygen atoms in total. The van der Waals surface area contributed by atoms with Crippen LogP contribution < -0.4 is 25.1 Å². The van der Waals surface area contributed by atoms with Gasteiger partial charge in [-0.1, -0.05) is 0 Å². The fourth-order valence-electron chi connectivity index (χ4n) is 2.78. The molecule has 1 N–H and O–H groups in total. The maximum absolute atomic E-state index is 13.0. The van der Waals surface area contributed by atoms with Gasteiger partial charge in [0.2, 0.25) is 0 Å². The molecule has 3 aromatic rings. The Bertz CT molecular complexity index is 1080. The minimum absolute atomic E-state index is 0.178. The largest absolute Gasteiger partial charge is 0.493 e. The molecule has 0 saturated carbocycles. The monoisotopic (exact) mass is 386 g/mol. The average molecular weight is 386 g/mol. The first-order valence-corrected chi connectivity index (χ1v) is 8.50. The van der Waals surface area contributed by atoms with Crippen LogP contribution >= 0.6 is 0 Å². The molecule has 0 bridgehead atoms. The van der Waals surface area contributed by atoms with Gasteiger partial charge in [-0.25, -0.2) is 9.18 Å². The van der Waals surface area contributed by atoms with Crippen molar-refractivity contribution in [3.63, 3.8) is 0 Å². The van der Waals surface area contributed by atoms with Gasteiger partial charge in [-0.05, 0) is 43.3 Å². The number of amides is 1. The van der Waals surface area contributed by atoms with Gasteiger partial charge in [0.25, 0.3) is 5.56 Å². The lowest BCUT2D eigenvalue weighted by Gasteiger charge is -2.14. The molecule has 3 rings (SSSR count). The number of halogens is 1. The standard InChI is InChI=1S/C20H19FN2O5/c1-4-23-11-18(28-20(25)22-13-7-5-12(21)6-8-13)14-9-16(26-2)17(27-3)10-15(14)19(23)24/h5-11H,4H2,1-3H3,(H,22,25). The number of fused-ring (bicyclic) bond motifs is 1. The molecule has 0 fully saturated rings. The van der Waals surface area contributed by atoms with Crippen LogP contribution in [-0.4, -0.2) is 24.9 Å². The van der Waals surface area contributed by atoms with E-state index in [-0.39, 0.29) is 11.3 Å². The molecule has 0 saturated heterocycles. The summed E-state index contributed by atoms with van der Waals surface area (Å²) in [5.74, 6) is 0.549. The Balaban J connectivity index is 2.03. The number of ether oxygens (including phenoxy) is 3. The van der Waals surface area contributed by atoms with E-state index in [9.17, 15) is 14.0 Å². The molecule has 28 heavy (non-hydrogen) atoms. The molecule has 1 aromatic heterocycles. The lowest BCUT2D eigenvalue weighted by atomic mass is 10.1. The first-order chi connectivity index (χ1) is 13.5. The van der Waals surface area contributed by atoms with E-state index in [1.54, 1.807) is 19.1 Å². The first kappa shape index (κ1) is 19.2. The summed E-state index contributed by atoms with van der Waals surface area (Å²) < 4.78 is 30.4. The molecule has 2 aromatic carbocycles. The first-order valence-electron chi connectivity index (χ1n) is 8.50. The molecule has 8 heteroatoms. The predicted octanol–water partition coefficient (Wildman–Crippen LogP) is 3.79. The molecular weight excluding hydrogens is 367 g/mol. The van der Waals surface area contributed by atoms with Gasteiger partial charge in [-0.2, -0.15) is 0 Å². The van der Waals surface area contributed by atoms with E-state index in [4.69, 9.17) is 14.2 Å². The van der Waals surface area contributed by atoms with E-state index in [1.165, 1.54) is 49.2 Å². The fourth-order valence-corrected chi connectivity index (χ4v) is 2.78. The number of anilines is 1. The van der Waals surface area contributed by atoms with E-state index in [2.05, 4.69) is 5.32 Å². The summed E-state index contributed by atoms with van der Waals surface area (Å²) in [6.45, 7) is 2.19. The molecule has 0 radical (unpaired) electrons. The van der Waals surface area contributed by atoms with Crippen LogP contribution in [0.3, 0.4) is 0 Å². The molecule has 0 unspecified atom stereocenters. The fraction of sp³-hybridized carbons (Fsp3) is 0.200. The zero-order valence-corrected chi connectivity index (χ0v) is 15.6. The highest BCUT2D eigenvalue weighted by atomic mass is 19.1. The zero-order chi connectivity index (χ0) is 20.3. The van der Waals surface area contributed by atoms with Crippen LogP contribution in [0.4, 0.5) is 14.9 Å². The highest BCUT2D eigenvalue weighted by Crippen LogP contribution is 2.35. The lowest BCUT2D eigenvalue weighted by Crippen LogP contribution is -2.22. The number of pyridine rings is 1. The third-order valence-electron chi connectivity index (χ3n) is 4.19. The highest BCUT2D eigenvalue weighted by Gasteiger charge is 2.17. The predicted molar refractivity (Wildman–Crippen MR) is 103 cm³/mol. The maximum atomic E-state index is 13.0. The van der Waals surface area contributed by atoms with Crippen molar-refractivity contribution in [2.24, 2.45) is 0 Å². The van der Waals surface area contributed by atoms with E-state index in [0.29, 0.717) is 34.5 Å². The third kappa shape index (κ3) is 3.75. The lowest BCUT2D eigenvalue weighted by molar-refractivity contribution is 0.215. The Kier molecular flexibility index (Phi) is 5.49. The van der Waals surface area contributed by atoms with Crippen LogP contribution in [0.25, 0.3) is 10.8 Å². The summed E-state index contributed by atoms with van der Waals surface area (Å²) in [6, 6.07) is 8.40. The number of carbonyl (C=O) groups excluding carboxylic acids is 1. The second kappa shape index (κ2) is 7.99. The Morgan fingerprint density at radius 3 is 2.21 bits per heavy atom. The van der Waals surface area contributed by atoms with Gasteiger partial charge in [0.15, 0.2) is 17.2 Å². The van der Waals surface area contributed by atoms with Gasteiger partial charge in [-0.15, -0.1) is 0 Å². The number of rotatable bonds is 5. The average Bonchev–Trinajstić information content (AvgIpc) is 2.70. The van der Waals surface area contributed by atoms with E-state index >= 15 is 0 Å². The second-order valence-corrected chi connectivity index (χ2v) is 5.86. The number of nitrogens with zero attached hydrogens (tertiary/aromatic N) is 1. The van der Waals surface area contributed by atoms with Crippen LogP contribution in [0.1, 0.15) is 6.92 Å². The number of benzene rings is 2. The Morgan fingerprint density at radius 1 is 1.04 bits per heavy atom. The van der Waals surface area contributed by atoms with Crippen LogP contribution in [0.2, 0.25) is 0 Å². The molecular formula is C20H19FN2O5. The van der Waals surface area contributed by atoms with Gasteiger partial charge >= 0.3 is 6.09 Å². The highest BCUT2D eigenvalue weighted by molar-refractivity contribution is 5.94. The van der Waals surface area contributed by atoms with Crippen LogP contribution in [0.5, 0.6) is 17.2 Å². The number of nitrogens with one attached hydrogen (secondary N) is 1. The van der Waals surface area contributed by atoms with Crippen LogP contribution in [0, 0.1) is 5.82 Å². The summed E-state index contributed by atoms with van der Waals surface area (Å²) in [6.07, 6.45) is 0.685. The van der Waals surface area contributed by atoms with Crippen LogP contribution in [0.15, 0.2) is 47.4 Å². The van der Waals surface area contributed by atoms with Crippen molar-refractivity contribution in [2.45, 2.75) is 13.5 Å². The number of methoxy groups -OCH3 is 2. The van der Waals surface area contributed by atoms with Crippen molar-refractivity contribution in [2.75, 3.05) is 19.5 Å². The number of aryl methyl sites for hydroxylation is 1.